The predicted molar refractivity (Wildman–Crippen MR) is 65.4 cm³/mol. The van der Waals surface area contributed by atoms with Crippen molar-refractivity contribution in [2.24, 2.45) is 0 Å². The maximum absolute atomic E-state index is 11.7. The lowest BCUT2D eigenvalue weighted by Gasteiger charge is -2.29. The van der Waals surface area contributed by atoms with E-state index in [0.717, 1.165) is 4.47 Å². The zero-order valence-electron chi connectivity index (χ0n) is 10.1. The third kappa shape index (κ3) is 2.48. The van der Waals surface area contributed by atoms with E-state index in [0.29, 0.717) is 11.5 Å². The Kier molecular flexibility index (Phi) is 3.06. The van der Waals surface area contributed by atoms with Gasteiger partial charge in [-0.2, -0.15) is 0 Å². The van der Waals surface area contributed by atoms with Gasteiger partial charge in [0.2, 0.25) is 0 Å². The summed E-state index contributed by atoms with van der Waals surface area (Å²) < 4.78 is 16.0. The molecule has 0 amide bonds. The molecule has 1 fully saturated rings. The standard InChI is InChI=1S/C12H11BrO5/c1-6-9(13)5-7(16-6)4-8-10(14)17-12(2,3)18-11(8)15/h4-5H,1-3H3. The average Bonchev–Trinajstić information content (AvgIpc) is 2.51. The Morgan fingerprint density at radius 2 is 1.78 bits per heavy atom. The minimum Gasteiger partial charge on any atom is -0.461 e. The SMILES string of the molecule is Cc1oc(C=C2C(=O)OC(C)(C)OC2=O)cc1Br. The molecule has 1 aromatic rings. The molecule has 0 atom stereocenters. The highest BCUT2D eigenvalue weighted by molar-refractivity contribution is 9.10. The van der Waals surface area contributed by atoms with Crippen molar-refractivity contribution in [2.45, 2.75) is 26.6 Å². The van der Waals surface area contributed by atoms with E-state index in [2.05, 4.69) is 15.9 Å². The van der Waals surface area contributed by atoms with E-state index in [4.69, 9.17) is 13.9 Å². The van der Waals surface area contributed by atoms with Crippen molar-refractivity contribution in [1.82, 2.24) is 0 Å². The number of ether oxygens (including phenoxy) is 2. The number of cyclic esters (lactones) is 2. The number of halogens is 1. The fourth-order valence-electron chi connectivity index (χ4n) is 1.47. The molecule has 0 aromatic carbocycles. The molecule has 5 nitrogen and oxygen atoms in total. The Morgan fingerprint density at radius 1 is 1.22 bits per heavy atom. The molecule has 0 bridgehead atoms. The highest BCUT2D eigenvalue weighted by atomic mass is 79.9. The summed E-state index contributed by atoms with van der Waals surface area (Å²) in [5, 5.41) is 0. The Morgan fingerprint density at radius 3 is 2.22 bits per heavy atom. The van der Waals surface area contributed by atoms with Crippen LogP contribution in [0.3, 0.4) is 0 Å². The van der Waals surface area contributed by atoms with Gasteiger partial charge in [0.15, 0.2) is 0 Å². The fourth-order valence-corrected chi connectivity index (χ4v) is 1.78. The third-order valence-electron chi connectivity index (χ3n) is 2.28. The highest BCUT2D eigenvalue weighted by Gasteiger charge is 2.39. The van der Waals surface area contributed by atoms with Gasteiger partial charge in [-0.25, -0.2) is 9.59 Å². The van der Waals surface area contributed by atoms with Crippen LogP contribution in [0.25, 0.3) is 6.08 Å². The maximum Gasteiger partial charge on any atom is 0.348 e. The van der Waals surface area contributed by atoms with E-state index < -0.39 is 17.7 Å². The van der Waals surface area contributed by atoms with Crippen molar-refractivity contribution in [2.75, 3.05) is 0 Å². The maximum atomic E-state index is 11.7. The van der Waals surface area contributed by atoms with E-state index in [-0.39, 0.29) is 5.57 Å². The van der Waals surface area contributed by atoms with E-state index in [1.807, 2.05) is 0 Å². The molecular weight excluding hydrogens is 304 g/mol. The fraction of sp³-hybridized carbons (Fsp3) is 0.333. The molecule has 1 aromatic heterocycles. The molecular formula is C12H11BrO5. The van der Waals surface area contributed by atoms with Gasteiger partial charge in [0, 0.05) is 19.9 Å². The monoisotopic (exact) mass is 314 g/mol. The van der Waals surface area contributed by atoms with Crippen molar-refractivity contribution in [3.05, 3.63) is 27.6 Å². The number of carbonyl (C=O) groups excluding carboxylic acids is 2. The largest absolute Gasteiger partial charge is 0.461 e. The smallest absolute Gasteiger partial charge is 0.348 e. The summed E-state index contributed by atoms with van der Waals surface area (Å²) >= 11 is 3.27. The first kappa shape index (κ1) is 12.9. The van der Waals surface area contributed by atoms with Crippen molar-refractivity contribution >= 4 is 33.9 Å². The normalized spacial score (nSPS) is 18.3. The minimum absolute atomic E-state index is 0.185. The zero-order valence-corrected chi connectivity index (χ0v) is 11.7. The predicted octanol–water partition coefficient (Wildman–Crippen LogP) is 2.57. The molecule has 0 saturated carbocycles. The third-order valence-corrected chi connectivity index (χ3v) is 3.07. The van der Waals surface area contributed by atoms with Crippen LogP contribution in [0, 0.1) is 6.92 Å². The summed E-state index contributed by atoms with van der Waals surface area (Å²) in [5.41, 5.74) is -0.185. The Labute approximate surface area is 112 Å². The zero-order chi connectivity index (χ0) is 13.5. The van der Waals surface area contributed by atoms with E-state index >= 15 is 0 Å². The molecule has 0 aliphatic carbocycles. The summed E-state index contributed by atoms with van der Waals surface area (Å²) in [7, 11) is 0. The quantitative estimate of drug-likeness (QED) is 0.453. The molecule has 1 aliphatic heterocycles. The number of rotatable bonds is 1. The molecule has 18 heavy (non-hydrogen) atoms. The molecule has 0 unspecified atom stereocenters. The lowest BCUT2D eigenvalue weighted by Crippen LogP contribution is -2.41. The molecule has 1 aliphatic rings. The molecule has 2 rings (SSSR count). The molecule has 0 radical (unpaired) electrons. The summed E-state index contributed by atoms with van der Waals surface area (Å²) in [6.07, 6.45) is 1.30. The van der Waals surface area contributed by atoms with Crippen LogP contribution in [0.5, 0.6) is 0 Å². The first-order chi connectivity index (χ1) is 8.28. The first-order valence-corrected chi connectivity index (χ1v) is 6.02. The van der Waals surface area contributed by atoms with Gasteiger partial charge < -0.3 is 13.9 Å². The van der Waals surface area contributed by atoms with Crippen LogP contribution in [-0.4, -0.2) is 17.7 Å². The van der Waals surface area contributed by atoms with Gasteiger partial charge in [-0.15, -0.1) is 0 Å². The number of hydrogen-bond donors (Lipinski definition) is 0. The van der Waals surface area contributed by atoms with Gasteiger partial charge in [-0.05, 0) is 28.9 Å². The average molecular weight is 315 g/mol. The molecule has 2 heterocycles. The second-order valence-corrected chi connectivity index (χ2v) is 5.14. The second-order valence-electron chi connectivity index (χ2n) is 4.29. The summed E-state index contributed by atoms with van der Waals surface area (Å²) in [6.45, 7) is 4.74. The van der Waals surface area contributed by atoms with Crippen LogP contribution in [0.15, 0.2) is 20.5 Å². The minimum atomic E-state index is -1.23. The van der Waals surface area contributed by atoms with E-state index in [1.54, 1.807) is 13.0 Å². The molecule has 6 heteroatoms. The van der Waals surface area contributed by atoms with E-state index in [1.165, 1.54) is 19.9 Å². The van der Waals surface area contributed by atoms with Crippen molar-refractivity contribution in [1.29, 1.82) is 0 Å². The van der Waals surface area contributed by atoms with Crippen LogP contribution in [0.4, 0.5) is 0 Å². The number of carbonyl (C=O) groups is 2. The van der Waals surface area contributed by atoms with Gasteiger partial charge in [0.1, 0.15) is 17.1 Å². The summed E-state index contributed by atoms with van der Waals surface area (Å²) in [6, 6.07) is 1.66. The van der Waals surface area contributed by atoms with Crippen LogP contribution < -0.4 is 0 Å². The van der Waals surface area contributed by atoms with Crippen molar-refractivity contribution in [3.8, 4) is 0 Å². The topological polar surface area (TPSA) is 65.7 Å². The number of esters is 2. The molecule has 1 saturated heterocycles. The van der Waals surface area contributed by atoms with Gasteiger partial charge in [-0.1, -0.05) is 0 Å². The molecule has 96 valence electrons. The van der Waals surface area contributed by atoms with E-state index in [9.17, 15) is 9.59 Å². The Balaban J connectivity index is 2.33. The first-order valence-electron chi connectivity index (χ1n) is 5.23. The summed E-state index contributed by atoms with van der Waals surface area (Å²) in [4.78, 5) is 23.3. The number of hydrogen-bond acceptors (Lipinski definition) is 5. The van der Waals surface area contributed by atoms with Gasteiger partial charge in [0.05, 0.1) is 4.47 Å². The van der Waals surface area contributed by atoms with Crippen LogP contribution in [-0.2, 0) is 19.1 Å². The number of aryl methyl sites for hydroxylation is 1. The molecule has 0 spiro atoms. The van der Waals surface area contributed by atoms with Gasteiger partial charge in [-0.3, -0.25) is 0 Å². The summed E-state index contributed by atoms with van der Waals surface area (Å²) in [5.74, 6) is -1.64. The van der Waals surface area contributed by atoms with Crippen LogP contribution >= 0.6 is 15.9 Å². The second kappa shape index (κ2) is 4.28. The van der Waals surface area contributed by atoms with Crippen LogP contribution in [0.2, 0.25) is 0 Å². The Hall–Kier alpha value is -1.56. The number of furan rings is 1. The van der Waals surface area contributed by atoms with Crippen molar-refractivity contribution < 1.29 is 23.5 Å². The lowest BCUT2D eigenvalue weighted by molar-refractivity contribution is -0.222. The van der Waals surface area contributed by atoms with Gasteiger partial charge >= 0.3 is 11.9 Å². The lowest BCUT2D eigenvalue weighted by atomic mass is 10.2. The van der Waals surface area contributed by atoms with Gasteiger partial charge in [0.25, 0.3) is 5.79 Å². The Bertz CT molecular complexity index is 511. The highest BCUT2D eigenvalue weighted by Crippen LogP contribution is 2.26. The van der Waals surface area contributed by atoms with Crippen molar-refractivity contribution in [3.63, 3.8) is 0 Å². The molecule has 0 N–H and O–H groups in total. The van der Waals surface area contributed by atoms with Crippen LogP contribution in [0.1, 0.15) is 25.4 Å².